The molecule has 1 N–H and O–H groups in total. The van der Waals surface area contributed by atoms with Crippen molar-refractivity contribution in [3.05, 3.63) is 64.0 Å². The minimum Gasteiger partial charge on any atom is -0.508 e. The molecule has 0 saturated carbocycles. The molecule has 0 heterocycles. The highest BCUT2D eigenvalue weighted by Gasteiger charge is 2.20. The van der Waals surface area contributed by atoms with Gasteiger partial charge >= 0.3 is 5.69 Å². The van der Waals surface area contributed by atoms with E-state index in [2.05, 4.69) is 0 Å². The molecule has 0 aliphatic rings. The lowest BCUT2D eigenvalue weighted by molar-refractivity contribution is -0.387. The van der Waals surface area contributed by atoms with Gasteiger partial charge in [-0.1, -0.05) is 0 Å². The minimum atomic E-state index is -0.996. The number of nitrogens with zero attached hydrogens (tertiary/aromatic N) is 2. The zero-order valence-electron chi connectivity index (χ0n) is 11.0. The lowest BCUT2D eigenvalue weighted by atomic mass is 10.1. The van der Waals surface area contributed by atoms with Gasteiger partial charge in [0.2, 0.25) is 5.82 Å². The molecule has 2 rings (SSSR count). The van der Waals surface area contributed by atoms with Crippen LogP contribution in [0.1, 0.15) is 10.4 Å². The third-order valence-electron chi connectivity index (χ3n) is 2.93. The maximum atomic E-state index is 13.3. The predicted molar refractivity (Wildman–Crippen MR) is 73.9 cm³/mol. The molecule has 0 aliphatic carbocycles. The summed E-state index contributed by atoms with van der Waals surface area (Å²) in [6.45, 7) is 0. The number of carbonyl (C=O) groups excluding carboxylic acids is 1. The van der Waals surface area contributed by atoms with Crippen LogP contribution in [-0.4, -0.2) is 23.0 Å². The van der Waals surface area contributed by atoms with Gasteiger partial charge in [0.1, 0.15) is 5.75 Å². The number of hydrogen-bond donors (Lipinski definition) is 1. The second-order valence-corrected chi connectivity index (χ2v) is 4.30. The van der Waals surface area contributed by atoms with Crippen LogP contribution in [0.2, 0.25) is 0 Å². The summed E-state index contributed by atoms with van der Waals surface area (Å²) in [5.41, 5.74) is -0.261. The monoisotopic (exact) mass is 290 g/mol. The molecule has 0 bridgehead atoms. The van der Waals surface area contributed by atoms with E-state index in [0.717, 1.165) is 12.1 Å². The highest BCUT2D eigenvalue weighted by Crippen LogP contribution is 2.22. The molecular formula is C14H11FN2O4. The number of phenolic OH excluding ortho intramolecular Hbond substituents is 1. The van der Waals surface area contributed by atoms with Gasteiger partial charge in [-0.15, -0.1) is 0 Å². The normalized spacial score (nSPS) is 10.2. The van der Waals surface area contributed by atoms with Crippen molar-refractivity contribution in [2.75, 3.05) is 11.9 Å². The topological polar surface area (TPSA) is 83.7 Å². The number of halogens is 1. The lowest BCUT2D eigenvalue weighted by Crippen LogP contribution is -2.26. The number of amides is 1. The van der Waals surface area contributed by atoms with Crippen molar-refractivity contribution in [1.82, 2.24) is 0 Å². The fourth-order valence-corrected chi connectivity index (χ4v) is 1.77. The SMILES string of the molecule is CN(C(=O)c1ccc(F)c([N+](=O)[O-])c1)c1ccc(O)cc1. The molecule has 0 aromatic heterocycles. The van der Waals surface area contributed by atoms with Crippen molar-refractivity contribution in [3.63, 3.8) is 0 Å². The summed E-state index contributed by atoms with van der Waals surface area (Å²) in [5.74, 6) is -1.47. The van der Waals surface area contributed by atoms with E-state index >= 15 is 0 Å². The first-order chi connectivity index (χ1) is 9.90. The molecule has 0 radical (unpaired) electrons. The third kappa shape index (κ3) is 2.97. The average molecular weight is 290 g/mol. The van der Waals surface area contributed by atoms with E-state index in [9.17, 15) is 24.4 Å². The van der Waals surface area contributed by atoms with E-state index in [4.69, 9.17) is 0 Å². The van der Waals surface area contributed by atoms with E-state index in [1.165, 1.54) is 42.3 Å². The van der Waals surface area contributed by atoms with Crippen LogP contribution in [-0.2, 0) is 0 Å². The zero-order valence-corrected chi connectivity index (χ0v) is 11.0. The Hall–Kier alpha value is -2.96. The lowest BCUT2D eigenvalue weighted by Gasteiger charge is -2.17. The predicted octanol–water partition coefficient (Wildman–Crippen LogP) is 2.72. The highest BCUT2D eigenvalue weighted by atomic mass is 19.1. The molecule has 6 nitrogen and oxygen atoms in total. The van der Waals surface area contributed by atoms with Gasteiger partial charge in [0, 0.05) is 24.4 Å². The number of rotatable bonds is 3. The van der Waals surface area contributed by atoms with Gasteiger partial charge in [0.05, 0.1) is 4.92 Å². The smallest absolute Gasteiger partial charge is 0.305 e. The largest absolute Gasteiger partial charge is 0.508 e. The zero-order chi connectivity index (χ0) is 15.6. The molecule has 0 aliphatic heterocycles. The van der Waals surface area contributed by atoms with E-state index < -0.39 is 22.3 Å². The highest BCUT2D eigenvalue weighted by molar-refractivity contribution is 6.06. The molecule has 2 aromatic carbocycles. The van der Waals surface area contributed by atoms with Crippen LogP contribution in [0, 0.1) is 15.9 Å². The second kappa shape index (κ2) is 5.58. The Balaban J connectivity index is 2.33. The fourth-order valence-electron chi connectivity index (χ4n) is 1.77. The molecule has 0 unspecified atom stereocenters. The van der Waals surface area contributed by atoms with Gasteiger partial charge < -0.3 is 10.0 Å². The van der Waals surface area contributed by atoms with E-state index in [1.54, 1.807) is 0 Å². The molecule has 0 saturated heterocycles. The number of aromatic hydroxyl groups is 1. The Morgan fingerprint density at radius 1 is 1.24 bits per heavy atom. The van der Waals surface area contributed by atoms with Gasteiger partial charge in [-0.25, -0.2) is 0 Å². The van der Waals surface area contributed by atoms with Crippen LogP contribution in [0.15, 0.2) is 42.5 Å². The Morgan fingerprint density at radius 3 is 2.43 bits per heavy atom. The first-order valence-electron chi connectivity index (χ1n) is 5.91. The van der Waals surface area contributed by atoms with E-state index in [-0.39, 0.29) is 11.3 Å². The van der Waals surface area contributed by atoms with Crippen LogP contribution in [0.25, 0.3) is 0 Å². The molecule has 0 fully saturated rings. The van der Waals surface area contributed by atoms with Crippen molar-refractivity contribution in [1.29, 1.82) is 0 Å². The summed E-state index contributed by atoms with van der Waals surface area (Å²) < 4.78 is 13.3. The average Bonchev–Trinajstić information content (AvgIpc) is 2.46. The van der Waals surface area contributed by atoms with Crippen molar-refractivity contribution in [2.24, 2.45) is 0 Å². The molecule has 2 aromatic rings. The summed E-state index contributed by atoms with van der Waals surface area (Å²) in [7, 11) is 1.48. The van der Waals surface area contributed by atoms with Crippen molar-refractivity contribution >= 4 is 17.3 Å². The van der Waals surface area contributed by atoms with E-state index in [1.807, 2.05) is 0 Å². The summed E-state index contributed by atoms with van der Waals surface area (Å²) in [4.78, 5) is 23.3. The number of nitro benzene ring substituents is 1. The van der Waals surface area contributed by atoms with Crippen molar-refractivity contribution in [3.8, 4) is 5.75 Å². The Kier molecular flexibility index (Phi) is 3.84. The molecule has 7 heteroatoms. The second-order valence-electron chi connectivity index (χ2n) is 4.30. The molecule has 21 heavy (non-hydrogen) atoms. The fraction of sp³-hybridized carbons (Fsp3) is 0.0714. The number of hydrogen-bond acceptors (Lipinski definition) is 4. The number of phenols is 1. The van der Waals surface area contributed by atoms with Gasteiger partial charge in [-0.2, -0.15) is 4.39 Å². The standard InChI is InChI=1S/C14H11FN2O4/c1-16(10-3-5-11(18)6-4-10)14(19)9-2-7-12(15)13(8-9)17(20)21/h2-8,18H,1H3. The summed E-state index contributed by atoms with van der Waals surface area (Å²) in [5, 5.41) is 19.9. The molecule has 108 valence electrons. The summed E-state index contributed by atoms with van der Waals surface area (Å²) >= 11 is 0. The maximum Gasteiger partial charge on any atom is 0.305 e. The maximum absolute atomic E-state index is 13.3. The van der Waals surface area contributed by atoms with Crippen LogP contribution < -0.4 is 4.90 Å². The van der Waals surface area contributed by atoms with Gasteiger partial charge in [-0.3, -0.25) is 14.9 Å². The molecule has 0 spiro atoms. The first kappa shape index (κ1) is 14.4. The molecular weight excluding hydrogens is 279 g/mol. The Labute approximate surface area is 119 Å². The molecule has 1 amide bonds. The third-order valence-corrected chi connectivity index (χ3v) is 2.93. The van der Waals surface area contributed by atoms with E-state index in [0.29, 0.717) is 5.69 Å². The Bertz CT molecular complexity index is 701. The van der Waals surface area contributed by atoms with Crippen LogP contribution in [0.4, 0.5) is 15.8 Å². The van der Waals surface area contributed by atoms with Gasteiger partial charge in [0.25, 0.3) is 5.91 Å². The first-order valence-corrected chi connectivity index (χ1v) is 5.91. The number of benzene rings is 2. The Morgan fingerprint density at radius 2 is 1.86 bits per heavy atom. The number of anilines is 1. The minimum absolute atomic E-state index is 0.00123. The van der Waals surface area contributed by atoms with Crippen LogP contribution in [0.3, 0.4) is 0 Å². The molecule has 0 atom stereocenters. The van der Waals surface area contributed by atoms with Crippen LogP contribution >= 0.6 is 0 Å². The van der Waals surface area contributed by atoms with Gasteiger partial charge in [-0.05, 0) is 36.4 Å². The van der Waals surface area contributed by atoms with Gasteiger partial charge in [0.15, 0.2) is 0 Å². The number of carbonyl (C=O) groups is 1. The summed E-state index contributed by atoms with van der Waals surface area (Å²) in [6, 6.07) is 8.82. The van der Waals surface area contributed by atoms with Crippen molar-refractivity contribution < 1.29 is 19.2 Å². The van der Waals surface area contributed by atoms with Crippen LogP contribution in [0.5, 0.6) is 5.75 Å². The quantitative estimate of drug-likeness (QED) is 0.695. The summed E-state index contributed by atoms with van der Waals surface area (Å²) in [6.07, 6.45) is 0. The number of nitro groups is 1. The van der Waals surface area contributed by atoms with Crippen molar-refractivity contribution in [2.45, 2.75) is 0 Å².